The summed E-state index contributed by atoms with van der Waals surface area (Å²) >= 11 is 0. The average Bonchev–Trinajstić information content (AvgIpc) is 3.06. The van der Waals surface area contributed by atoms with Crippen LogP contribution in [0.2, 0.25) is 19.1 Å². The van der Waals surface area contributed by atoms with Crippen molar-refractivity contribution in [2.75, 3.05) is 6.16 Å². The van der Waals surface area contributed by atoms with E-state index in [-0.39, 0.29) is 36.8 Å². The van der Waals surface area contributed by atoms with Crippen LogP contribution in [-0.4, -0.2) is 28.5 Å². The number of carbonyl (C=O) groups excluding carboxylic acids is 2. The maximum absolute atomic E-state index is 8.00. The second-order valence-corrected chi connectivity index (χ2v) is 16.6. The molecule has 0 N–H and O–H groups in total. The summed E-state index contributed by atoms with van der Waals surface area (Å²) in [7, 11) is -0.731. The normalized spacial score (nSPS) is 9.74. The minimum atomic E-state index is -0.446. The smallest absolute Gasteiger partial charge is 0.106 e. The van der Waals surface area contributed by atoms with Crippen LogP contribution in [-0.2, 0) is 29.7 Å². The molecule has 2 nitrogen and oxygen atoms in total. The standard InChI is InChI=1S/C18H15P.C16H20PSi.2CH2O.Ir/c1-4-10-16(11-5-1)19(17-12-6-2-7-13-17)18-14-8-3-9-15-18;1-18(2)14-13-17(15-9-5-3-6-10-15)16-11-7-4-8-12-16;2*1-2;/h1-15H;3-12H,13-14H2,1-2H3;2*1H2;. The molecule has 0 saturated carbocycles. The van der Waals surface area contributed by atoms with Crippen LogP contribution in [0.3, 0.4) is 0 Å². The first-order chi connectivity index (χ1) is 20.2. The van der Waals surface area contributed by atoms with Gasteiger partial charge in [0.2, 0.25) is 0 Å². The van der Waals surface area contributed by atoms with Gasteiger partial charge in [0.25, 0.3) is 0 Å². The summed E-state index contributed by atoms with van der Waals surface area (Å²) in [6.45, 7) is 8.82. The summed E-state index contributed by atoms with van der Waals surface area (Å²) in [6.07, 6.45) is 1.34. The molecule has 5 aromatic carbocycles. The van der Waals surface area contributed by atoms with Crippen molar-refractivity contribution in [3.05, 3.63) is 152 Å². The van der Waals surface area contributed by atoms with Gasteiger partial charge in [0.15, 0.2) is 0 Å². The molecule has 6 heteroatoms. The zero-order chi connectivity index (χ0) is 29.7. The van der Waals surface area contributed by atoms with Crippen LogP contribution in [0.15, 0.2) is 152 Å². The molecule has 42 heavy (non-hydrogen) atoms. The molecule has 0 aliphatic heterocycles. The van der Waals surface area contributed by atoms with E-state index in [1.54, 1.807) is 0 Å². The molecule has 0 aromatic heterocycles. The van der Waals surface area contributed by atoms with Crippen molar-refractivity contribution in [3.63, 3.8) is 0 Å². The van der Waals surface area contributed by atoms with Crippen molar-refractivity contribution in [2.45, 2.75) is 19.1 Å². The molecule has 5 rings (SSSR count). The number of carbonyl (C=O) groups is 2. The maximum atomic E-state index is 8.00. The van der Waals surface area contributed by atoms with Crippen LogP contribution >= 0.6 is 15.8 Å². The van der Waals surface area contributed by atoms with Crippen molar-refractivity contribution in [1.29, 1.82) is 0 Å². The Morgan fingerprint density at radius 1 is 0.452 bits per heavy atom. The molecule has 0 saturated heterocycles. The summed E-state index contributed by atoms with van der Waals surface area (Å²) in [6, 6.07) is 55.8. The first-order valence-electron chi connectivity index (χ1n) is 13.4. The summed E-state index contributed by atoms with van der Waals surface area (Å²) in [4.78, 5) is 16.0. The Hall–Kier alpha value is -2.83. The molecule has 0 fully saturated rings. The van der Waals surface area contributed by atoms with E-state index in [1.807, 2.05) is 13.6 Å². The quantitative estimate of drug-likeness (QED) is 0.126. The molecular weight excluding hydrogens is 747 g/mol. The van der Waals surface area contributed by atoms with Gasteiger partial charge in [-0.3, -0.25) is 0 Å². The Balaban J connectivity index is 0.000000368. The van der Waals surface area contributed by atoms with Gasteiger partial charge >= 0.3 is 0 Å². The topological polar surface area (TPSA) is 34.1 Å². The van der Waals surface area contributed by atoms with Gasteiger partial charge < -0.3 is 9.59 Å². The fraction of sp³-hybridized carbons (Fsp3) is 0.111. The molecule has 0 heterocycles. The Labute approximate surface area is 270 Å². The predicted octanol–water partition coefficient (Wildman–Crippen LogP) is 6.95. The summed E-state index contributed by atoms with van der Waals surface area (Å²) in [5.74, 6) is 0. The van der Waals surface area contributed by atoms with E-state index in [0.29, 0.717) is 0 Å². The average molecular weight is 786 g/mol. The van der Waals surface area contributed by atoms with Crippen LogP contribution in [0.4, 0.5) is 0 Å². The third kappa shape index (κ3) is 12.6. The minimum Gasteiger partial charge on any atom is -0.307 e. The van der Waals surface area contributed by atoms with E-state index < -0.39 is 7.92 Å². The van der Waals surface area contributed by atoms with Gasteiger partial charge in [0.05, 0.1) is 0 Å². The molecule has 0 aliphatic carbocycles. The van der Waals surface area contributed by atoms with Crippen LogP contribution < -0.4 is 26.5 Å². The molecule has 0 aliphatic rings. The fourth-order valence-corrected chi connectivity index (χ4v) is 11.0. The van der Waals surface area contributed by atoms with Crippen LogP contribution in [0.5, 0.6) is 0 Å². The van der Waals surface area contributed by atoms with E-state index in [0.717, 1.165) is 0 Å². The summed E-state index contributed by atoms with van der Waals surface area (Å²) in [5, 5.41) is 7.23. The molecule has 0 spiro atoms. The minimum absolute atomic E-state index is 0. The number of hydrogen-bond acceptors (Lipinski definition) is 2. The van der Waals surface area contributed by atoms with Gasteiger partial charge in [-0.25, -0.2) is 0 Å². The van der Waals surface area contributed by atoms with Crippen molar-refractivity contribution < 1.29 is 29.7 Å². The Bertz CT molecular complexity index is 1190. The largest absolute Gasteiger partial charge is 0.307 e. The van der Waals surface area contributed by atoms with E-state index in [9.17, 15) is 0 Å². The van der Waals surface area contributed by atoms with E-state index >= 15 is 0 Å². The van der Waals surface area contributed by atoms with Gasteiger partial charge in [-0.2, -0.15) is 0 Å². The van der Waals surface area contributed by atoms with Crippen LogP contribution in [0.25, 0.3) is 0 Å². The van der Waals surface area contributed by atoms with Gasteiger partial charge in [-0.15, -0.1) is 0 Å². The number of hydrogen-bond donors (Lipinski definition) is 0. The molecule has 218 valence electrons. The Kier molecular flexibility index (Phi) is 20.1. The van der Waals surface area contributed by atoms with E-state index in [2.05, 4.69) is 165 Å². The molecular formula is C36H39IrO2P2Si. The van der Waals surface area contributed by atoms with Crippen LogP contribution in [0.1, 0.15) is 0 Å². The van der Waals surface area contributed by atoms with Crippen molar-refractivity contribution >= 4 is 64.7 Å². The molecule has 0 unspecified atom stereocenters. The number of rotatable bonds is 8. The van der Waals surface area contributed by atoms with Crippen molar-refractivity contribution in [1.82, 2.24) is 0 Å². The van der Waals surface area contributed by atoms with Gasteiger partial charge in [0.1, 0.15) is 13.6 Å². The summed E-state index contributed by atoms with van der Waals surface area (Å²) < 4.78 is 0. The second-order valence-electron chi connectivity index (χ2n) is 9.12. The van der Waals surface area contributed by atoms with Crippen LogP contribution in [0, 0.1) is 0 Å². The first-order valence-corrected chi connectivity index (χ1v) is 19.0. The van der Waals surface area contributed by atoms with Crippen molar-refractivity contribution in [3.8, 4) is 0 Å². The fourth-order valence-electron chi connectivity index (χ4n) is 4.14. The third-order valence-electron chi connectivity index (χ3n) is 6.01. The van der Waals surface area contributed by atoms with E-state index in [4.69, 9.17) is 9.59 Å². The summed E-state index contributed by atoms with van der Waals surface area (Å²) in [5.41, 5.74) is 0. The maximum Gasteiger partial charge on any atom is 0.106 e. The SMILES string of the molecule is C=O.C=O.C[Si](C)CCP(c1ccccc1)c1ccccc1.[Ir].c1ccc(P(c2ccccc2)c2ccccc2)cc1. The van der Waals surface area contributed by atoms with Gasteiger partial charge in [0, 0.05) is 28.9 Å². The molecule has 0 bridgehead atoms. The monoisotopic (exact) mass is 786 g/mol. The van der Waals surface area contributed by atoms with Gasteiger partial charge in [-0.05, 0) is 48.5 Å². The number of benzene rings is 5. The Morgan fingerprint density at radius 3 is 0.929 bits per heavy atom. The first kappa shape index (κ1) is 37.2. The zero-order valence-electron chi connectivity index (χ0n) is 24.3. The van der Waals surface area contributed by atoms with Crippen molar-refractivity contribution in [2.24, 2.45) is 0 Å². The Morgan fingerprint density at radius 2 is 0.690 bits per heavy atom. The molecule has 2 radical (unpaired) electrons. The molecule has 0 amide bonds. The molecule has 0 atom stereocenters. The zero-order valence-corrected chi connectivity index (χ0v) is 29.5. The molecule has 5 aromatic rings. The third-order valence-corrected chi connectivity index (χ3v) is 12.6. The van der Waals surface area contributed by atoms with Gasteiger partial charge in [-0.1, -0.05) is 171 Å². The second kappa shape index (κ2) is 22.7. The van der Waals surface area contributed by atoms with E-state index in [1.165, 1.54) is 38.7 Å². The predicted molar refractivity (Wildman–Crippen MR) is 186 cm³/mol.